The van der Waals surface area contributed by atoms with Gasteiger partial charge < -0.3 is 18.7 Å². The molecule has 3 saturated carbocycles. The van der Waals surface area contributed by atoms with Crippen LogP contribution in [0.1, 0.15) is 128 Å². The van der Waals surface area contributed by atoms with Crippen LogP contribution >= 0.6 is 0 Å². The lowest BCUT2D eigenvalue weighted by atomic mass is 9.57. The number of hydrogen-bond donors (Lipinski definition) is 1. The van der Waals surface area contributed by atoms with Gasteiger partial charge in [0.2, 0.25) is 0 Å². The molecule has 0 aromatic rings. The third kappa shape index (κ3) is 9.27. The van der Waals surface area contributed by atoms with Crippen molar-refractivity contribution >= 4 is 22.6 Å². The van der Waals surface area contributed by atoms with Crippen LogP contribution in [0.4, 0.5) is 0 Å². The molecule has 5 nitrogen and oxygen atoms in total. The highest BCUT2D eigenvalue weighted by Crippen LogP contribution is 2.62. The summed E-state index contributed by atoms with van der Waals surface area (Å²) in [5.74, 6) is 0.636. The van der Waals surface area contributed by atoms with E-state index in [-0.39, 0.29) is 39.1 Å². The molecule has 0 bridgehead atoms. The molecule has 3 rings (SSSR count). The first-order valence-electron chi connectivity index (χ1n) is 19.6. The Labute approximate surface area is 310 Å². The zero-order valence-corrected chi connectivity index (χ0v) is 37.1. The Bertz CT molecular complexity index is 1320. The maximum atomic E-state index is 12.6. The van der Waals surface area contributed by atoms with Gasteiger partial charge in [-0.05, 0) is 129 Å². The summed E-state index contributed by atoms with van der Waals surface area (Å²) < 4.78 is 19.4. The molecule has 1 N–H and O–H groups in total. The van der Waals surface area contributed by atoms with Gasteiger partial charge in [-0.3, -0.25) is 4.79 Å². The van der Waals surface area contributed by atoms with Gasteiger partial charge in [0.1, 0.15) is 0 Å². The van der Waals surface area contributed by atoms with Crippen LogP contribution in [0, 0.1) is 28.1 Å². The van der Waals surface area contributed by atoms with E-state index in [1.807, 2.05) is 6.08 Å². The van der Waals surface area contributed by atoms with E-state index in [1.165, 1.54) is 24.8 Å². The Balaban J connectivity index is 1.91. The van der Waals surface area contributed by atoms with Crippen molar-refractivity contribution in [1.29, 1.82) is 0 Å². The van der Waals surface area contributed by atoms with Crippen molar-refractivity contribution in [2.45, 2.75) is 183 Å². The molecule has 0 aromatic heterocycles. The first-order chi connectivity index (χ1) is 22.6. The van der Waals surface area contributed by atoms with E-state index < -0.39 is 28.2 Å². The molecule has 3 fully saturated rings. The second-order valence-corrected chi connectivity index (χ2v) is 29.9. The number of aliphatic hydroxyl groups excluding tert-OH is 1. The second-order valence-electron chi connectivity index (χ2n) is 20.4. The van der Waals surface area contributed by atoms with Crippen molar-refractivity contribution in [1.82, 2.24) is 0 Å². The summed E-state index contributed by atoms with van der Waals surface area (Å²) in [7, 11) is -4.00. The lowest BCUT2D eigenvalue weighted by Crippen LogP contribution is -2.49. The SMILES string of the molecule is C=C1C(=CC=C2CCC[C@]3(C)[C@@H](C(C)(C)C=CC(O)C(C)(C)C(=O)OCC)CC[C@@H]23)C[C@@H](O[Si](C)(C)C(C)(C)C)C[C@@H]1O[Si](C)(C)C(C)(C)C. The van der Waals surface area contributed by atoms with Crippen molar-refractivity contribution < 1.29 is 23.5 Å². The molecule has 7 heteroatoms. The number of hydrogen-bond acceptors (Lipinski definition) is 5. The normalized spacial score (nSPS) is 29.9. The molecular formula is C43H76O5Si2. The first kappa shape index (κ1) is 43.2. The number of carbonyl (C=O) groups is 1. The lowest BCUT2D eigenvalue weighted by Gasteiger charge is -2.47. The van der Waals surface area contributed by atoms with Gasteiger partial charge in [-0.15, -0.1) is 0 Å². The van der Waals surface area contributed by atoms with Crippen LogP contribution in [0.25, 0.3) is 0 Å². The van der Waals surface area contributed by atoms with Crippen molar-refractivity contribution in [3.05, 3.63) is 47.6 Å². The molecule has 286 valence electrons. The van der Waals surface area contributed by atoms with Gasteiger partial charge in [0.05, 0.1) is 30.3 Å². The maximum Gasteiger partial charge on any atom is 0.314 e. The molecule has 0 saturated heterocycles. The van der Waals surface area contributed by atoms with Gasteiger partial charge in [-0.1, -0.05) is 98.8 Å². The van der Waals surface area contributed by atoms with Crippen LogP contribution in [0.3, 0.4) is 0 Å². The number of rotatable bonds is 11. The summed E-state index contributed by atoms with van der Waals surface area (Å²) in [6, 6.07) is 0. The Kier molecular flexibility index (Phi) is 13.1. The zero-order valence-electron chi connectivity index (χ0n) is 35.1. The lowest BCUT2D eigenvalue weighted by molar-refractivity contribution is -0.158. The Hall–Kier alpha value is -1.26. The summed E-state index contributed by atoms with van der Waals surface area (Å²) in [5.41, 5.74) is 3.05. The predicted molar refractivity (Wildman–Crippen MR) is 216 cm³/mol. The summed E-state index contributed by atoms with van der Waals surface area (Å²) in [6.07, 6.45) is 15.7. The van der Waals surface area contributed by atoms with Gasteiger partial charge in [-0.2, -0.15) is 0 Å². The van der Waals surface area contributed by atoms with Crippen LogP contribution in [0.2, 0.25) is 36.3 Å². The molecule has 0 heterocycles. The Morgan fingerprint density at radius 3 is 2.10 bits per heavy atom. The summed E-state index contributed by atoms with van der Waals surface area (Å²) in [5, 5.41) is 11.3. The van der Waals surface area contributed by atoms with Gasteiger partial charge in [0.25, 0.3) is 0 Å². The number of carbonyl (C=O) groups excluding carboxylic acids is 1. The first-order valence-corrected chi connectivity index (χ1v) is 25.4. The zero-order chi connectivity index (χ0) is 38.3. The van der Waals surface area contributed by atoms with E-state index in [1.54, 1.807) is 26.3 Å². The summed E-state index contributed by atoms with van der Waals surface area (Å²) >= 11 is 0. The highest BCUT2D eigenvalue weighted by molar-refractivity contribution is 6.74. The second kappa shape index (κ2) is 15.2. The molecule has 1 unspecified atom stereocenters. The smallest absolute Gasteiger partial charge is 0.314 e. The predicted octanol–water partition coefficient (Wildman–Crippen LogP) is 11.7. The van der Waals surface area contributed by atoms with Crippen molar-refractivity contribution in [3.63, 3.8) is 0 Å². The molecular weight excluding hydrogens is 653 g/mol. The standard InChI is InChI=1S/C43H76O5Si2/c1-18-46-38(45)42(11,12)37(44)25-27-41(9,10)36-24-23-34-31(20-19-26-43(34,36)13)21-22-32-28-33(47-49(14,15)39(3,4)5)29-35(30(32)2)48-50(16,17)40(6,7)8/h21-22,25,27,33-37,44H,2,18-20,23-24,26,28-29H2,1,3-17H3/t33-,34+,35+,36-,37?,43+/m1/s1. The number of aliphatic hydroxyl groups is 1. The average molecular weight is 729 g/mol. The molecule has 6 atom stereocenters. The van der Waals surface area contributed by atoms with Gasteiger partial charge >= 0.3 is 5.97 Å². The van der Waals surface area contributed by atoms with E-state index in [9.17, 15) is 9.90 Å². The molecule has 0 spiro atoms. The van der Waals surface area contributed by atoms with Gasteiger partial charge in [0, 0.05) is 6.42 Å². The largest absolute Gasteiger partial charge is 0.465 e. The van der Waals surface area contributed by atoms with Crippen LogP contribution in [-0.4, -0.2) is 52.6 Å². The fraction of sp³-hybridized carbons (Fsp3) is 0.791. The van der Waals surface area contributed by atoms with Crippen LogP contribution in [0.15, 0.2) is 47.6 Å². The quantitative estimate of drug-likeness (QED) is 0.130. The highest BCUT2D eigenvalue weighted by Gasteiger charge is 2.53. The summed E-state index contributed by atoms with van der Waals surface area (Å²) in [4.78, 5) is 12.6. The van der Waals surface area contributed by atoms with Crippen LogP contribution in [0.5, 0.6) is 0 Å². The third-order valence-corrected chi connectivity index (χ3v) is 22.9. The minimum absolute atomic E-state index is 0.0201. The van der Waals surface area contributed by atoms with E-state index in [0.29, 0.717) is 18.4 Å². The number of ether oxygens (including phenoxy) is 1. The van der Waals surface area contributed by atoms with Crippen molar-refractivity contribution in [3.8, 4) is 0 Å². The monoisotopic (exact) mass is 729 g/mol. The van der Waals surface area contributed by atoms with Crippen molar-refractivity contribution in [2.24, 2.45) is 28.1 Å². The fourth-order valence-electron chi connectivity index (χ4n) is 8.36. The number of fused-ring (bicyclic) bond motifs is 1. The summed E-state index contributed by atoms with van der Waals surface area (Å²) in [6.45, 7) is 40.8. The van der Waals surface area contributed by atoms with E-state index in [2.05, 4.69) is 113 Å². The van der Waals surface area contributed by atoms with Gasteiger partial charge in [-0.25, -0.2) is 0 Å². The maximum absolute atomic E-state index is 12.6. The van der Waals surface area contributed by atoms with Gasteiger partial charge in [0.15, 0.2) is 16.6 Å². The molecule has 0 aliphatic heterocycles. The number of esters is 1. The minimum atomic E-state index is -2.02. The molecule has 0 radical (unpaired) electrons. The minimum Gasteiger partial charge on any atom is -0.465 e. The van der Waals surface area contributed by atoms with E-state index in [0.717, 1.165) is 31.3 Å². The molecule has 0 aromatic carbocycles. The van der Waals surface area contributed by atoms with Crippen molar-refractivity contribution in [2.75, 3.05) is 6.61 Å². The molecule has 0 amide bonds. The Morgan fingerprint density at radius 2 is 1.54 bits per heavy atom. The number of allylic oxidation sites excluding steroid dienone is 4. The Morgan fingerprint density at radius 1 is 0.960 bits per heavy atom. The van der Waals surface area contributed by atoms with E-state index in [4.69, 9.17) is 13.6 Å². The topological polar surface area (TPSA) is 65.0 Å². The molecule has 50 heavy (non-hydrogen) atoms. The molecule has 3 aliphatic carbocycles. The third-order valence-electron chi connectivity index (χ3n) is 13.8. The van der Waals surface area contributed by atoms with Crippen LogP contribution < -0.4 is 0 Å². The average Bonchev–Trinajstić information content (AvgIpc) is 3.33. The highest BCUT2D eigenvalue weighted by atomic mass is 28.4. The fourth-order valence-corrected chi connectivity index (χ4v) is 11.0. The van der Waals surface area contributed by atoms with Crippen LogP contribution in [-0.2, 0) is 18.4 Å². The molecule has 3 aliphatic rings. The van der Waals surface area contributed by atoms with E-state index >= 15 is 0 Å².